The highest BCUT2D eigenvalue weighted by atomic mass is 79.9. The molecular weight excluding hydrogens is 224 g/mol. The van der Waals surface area contributed by atoms with Gasteiger partial charge >= 0.3 is 5.97 Å². The summed E-state index contributed by atoms with van der Waals surface area (Å²) in [6.45, 7) is 4.80. The molecule has 0 radical (unpaired) electrons. The van der Waals surface area contributed by atoms with Crippen LogP contribution < -0.4 is 0 Å². The van der Waals surface area contributed by atoms with Crippen molar-refractivity contribution >= 4 is 27.7 Å². The van der Waals surface area contributed by atoms with Crippen LogP contribution in [0.15, 0.2) is 0 Å². The van der Waals surface area contributed by atoms with E-state index >= 15 is 0 Å². The minimum absolute atomic E-state index is 0.172. The predicted octanol–water partition coefficient (Wildman–Crippen LogP) is 1.54. The van der Waals surface area contributed by atoms with Crippen LogP contribution in [0.4, 0.5) is 0 Å². The van der Waals surface area contributed by atoms with Crippen LogP contribution in [0.3, 0.4) is 0 Å². The lowest BCUT2D eigenvalue weighted by atomic mass is 9.87. The van der Waals surface area contributed by atoms with Gasteiger partial charge in [-0.25, -0.2) is 0 Å². The Morgan fingerprint density at radius 1 is 1.42 bits per heavy atom. The maximum atomic E-state index is 11.4. The molecule has 0 amide bonds. The maximum absolute atomic E-state index is 11.4. The molecule has 0 saturated carbocycles. The van der Waals surface area contributed by atoms with Gasteiger partial charge in [0.1, 0.15) is 5.41 Å². The van der Waals surface area contributed by atoms with Crippen LogP contribution in [0.5, 0.6) is 0 Å². The van der Waals surface area contributed by atoms with Gasteiger partial charge in [0.2, 0.25) is 0 Å². The molecule has 0 heterocycles. The van der Waals surface area contributed by atoms with Crippen LogP contribution in [0.2, 0.25) is 0 Å². The van der Waals surface area contributed by atoms with E-state index in [9.17, 15) is 9.59 Å². The fraction of sp³-hybridized carbons (Fsp3) is 0.750. The van der Waals surface area contributed by atoms with Gasteiger partial charge < -0.3 is 4.74 Å². The smallest absolute Gasteiger partial charge is 0.318 e. The van der Waals surface area contributed by atoms with Crippen molar-refractivity contribution in [2.45, 2.75) is 25.6 Å². The number of esters is 1. The van der Waals surface area contributed by atoms with Gasteiger partial charge in [-0.2, -0.15) is 0 Å². The molecule has 0 aliphatic carbocycles. The lowest BCUT2D eigenvalue weighted by molar-refractivity contribution is -0.155. The highest BCUT2D eigenvalue weighted by Crippen LogP contribution is 2.22. The molecule has 3 nitrogen and oxygen atoms in total. The summed E-state index contributed by atoms with van der Waals surface area (Å²) in [5.41, 5.74) is -1.06. The number of hydrogen-bond donors (Lipinski definition) is 0. The minimum atomic E-state index is -1.06. The Morgan fingerprint density at radius 3 is 2.08 bits per heavy atom. The second-order valence-electron chi connectivity index (χ2n) is 3.10. The predicted molar refractivity (Wildman–Crippen MR) is 49.2 cm³/mol. The molecule has 0 bridgehead atoms. The average molecular weight is 237 g/mol. The summed E-state index contributed by atoms with van der Waals surface area (Å²) in [6, 6.07) is 0. The van der Waals surface area contributed by atoms with Crippen molar-refractivity contribution in [2.24, 2.45) is 5.41 Å². The van der Waals surface area contributed by atoms with Crippen LogP contribution in [0.1, 0.15) is 20.8 Å². The molecule has 0 unspecified atom stereocenters. The molecule has 0 aromatic carbocycles. The first kappa shape index (κ1) is 11.6. The first-order chi connectivity index (χ1) is 5.34. The Bertz CT molecular complexity index is 196. The largest absolute Gasteiger partial charge is 0.468 e. The number of carbonyl (C=O) groups is 2. The van der Waals surface area contributed by atoms with E-state index in [4.69, 9.17) is 0 Å². The van der Waals surface area contributed by atoms with Gasteiger partial charge in [-0.05, 0) is 20.8 Å². The third-order valence-electron chi connectivity index (χ3n) is 1.67. The zero-order valence-electron chi connectivity index (χ0n) is 7.68. The van der Waals surface area contributed by atoms with Gasteiger partial charge in [-0.3, -0.25) is 9.59 Å². The third-order valence-corrected chi connectivity index (χ3v) is 2.09. The van der Waals surface area contributed by atoms with Crippen LogP contribution >= 0.6 is 15.9 Å². The SMILES string of the molecule is COC(=O)C(C)(C)C(=O)[C@H](C)Br. The van der Waals surface area contributed by atoms with Crippen LogP contribution in [0, 0.1) is 5.41 Å². The van der Waals surface area contributed by atoms with Gasteiger partial charge in [-0.15, -0.1) is 0 Å². The van der Waals surface area contributed by atoms with Crippen LogP contribution in [-0.2, 0) is 14.3 Å². The van der Waals surface area contributed by atoms with E-state index in [1.807, 2.05) is 0 Å². The van der Waals surface area contributed by atoms with Gasteiger partial charge in [0.15, 0.2) is 5.78 Å². The highest BCUT2D eigenvalue weighted by Gasteiger charge is 2.38. The monoisotopic (exact) mass is 236 g/mol. The third kappa shape index (κ3) is 2.30. The Hall–Kier alpha value is -0.380. The normalized spacial score (nSPS) is 13.8. The number of alkyl halides is 1. The quantitative estimate of drug-likeness (QED) is 0.424. The number of methoxy groups -OCH3 is 1. The number of rotatable bonds is 3. The lowest BCUT2D eigenvalue weighted by Crippen LogP contribution is -2.38. The van der Waals surface area contributed by atoms with Gasteiger partial charge in [-0.1, -0.05) is 15.9 Å². The molecule has 0 saturated heterocycles. The fourth-order valence-corrected chi connectivity index (χ4v) is 1.43. The van der Waals surface area contributed by atoms with Crippen molar-refractivity contribution in [2.75, 3.05) is 7.11 Å². The molecule has 0 aromatic rings. The summed E-state index contributed by atoms with van der Waals surface area (Å²) < 4.78 is 4.51. The molecule has 4 heteroatoms. The molecule has 0 rings (SSSR count). The van der Waals surface area contributed by atoms with Crippen molar-refractivity contribution in [1.82, 2.24) is 0 Å². The van der Waals surface area contributed by atoms with E-state index in [1.165, 1.54) is 7.11 Å². The second-order valence-corrected chi connectivity index (χ2v) is 4.47. The molecule has 1 atom stereocenters. The Balaban J connectivity index is 4.61. The number of ketones is 1. The second kappa shape index (κ2) is 4.03. The Morgan fingerprint density at radius 2 is 1.83 bits per heavy atom. The summed E-state index contributed by atoms with van der Waals surface area (Å²) in [5.74, 6) is -0.673. The maximum Gasteiger partial charge on any atom is 0.318 e. The number of ether oxygens (including phenoxy) is 1. The standard InChI is InChI=1S/C8H13BrO3/c1-5(9)6(10)8(2,3)7(11)12-4/h5H,1-4H3/t5-/m0/s1. The first-order valence-corrected chi connectivity index (χ1v) is 4.52. The van der Waals surface area contributed by atoms with Crippen molar-refractivity contribution < 1.29 is 14.3 Å². The van der Waals surface area contributed by atoms with E-state index in [0.717, 1.165) is 0 Å². The minimum Gasteiger partial charge on any atom is -0.468 e. The summed E-state index contributed by atoms with van der Waals surface area (Å²) in [7, 11) is 1.27. The lowest BCUT2D eigenvalue weighted by Gasteiger charge is -2.20. The molecule has 0 spiro atoms. The highest BCUT2D eigenvalue weighted by molar-refractivity contribution is 9.10. The zero-order chi connectivity index (χ0) is 9.94. The Labute approximate surface area is 80.6 Å². The Kier molecular flexibility index (Phi) is 3.90. The van der Waals surface area contributed by atoms with E-state index in [0.29, 0.717) is 0 Å². The van der Waals surface area contributed by atoms with Crippen molar-refractivity contribution in [3.63, 3.8) is 0 Å². The van der Waals surface area contributed by atoms with Gasteiger partial charge in [0, 0.05) is 0 Å². The summed E-state index contributed by atoms with van der Waals surface area (Å²) in [5, 5.41) is 0. The number of carbonyl (C=O) groups excluding carboxylic acids is 2. The summed E-state index contributed by atoms with van der Waals surface area (Å²) in [6.07, 6.45) is 0. The molecule has 12 heavy (non-hydrogen) atoms. The number of hydrogen-bond acceptors (Lipinski definition) is 3. The van der Waals surface area contributed by atoms with Crippen LogP contribution in [-0.4, -0.2) is 23.7 Å². The molecule has 0 aromatic heterocycles. The average Bonchev–Trinajstić information content (AvgIpc) is 2.01. The molecule has 0 N–H and O–H groups in total. The van der Waals surface area contributed by atoms with E-state index in [1.54, 1.807) is 20.8 Å². The molecular formula is C8H13BrO3. The number of Topliss-reactive ketones (excluding diaryl/α,β-unsaturated/α-hetero) is 1. The van der Waals surface area contributed by atoms with Crippen molar-refractivity contribution in [3.05, 3.63) is 0 Å². The van der Waals surface area contributed by atoms with Gasteiger partial charge in [0.25, 0.3) is 0 Å². The topological polar surface area (TPSA) is 43.4 Å². The molecule has 0 fully saturated rings. The van der Waals surface area contributed by atoms with Gasteiger partial charge in [0.05, 0.1) is 11.9 Å². The fourth-order valence-electron chi connectivity index (χ4n) is 0.853. The zero-order valence-corrected chi connectivity index (χ0v) is 9.27. The van der Waals surface area contributed by atoms with Crippen molar-refractivity contribution in [3.8, 4) is 0 Å². The van der Waals surface area contributed by atoms with Crippen molar-refractivity contribution in [1.29, 1.82) is 0 Å². The van der Waals surface area contributed by atoms with E-state index in [2.05, 4.69) is 20.7 Å². The molecule has 0 aliphatic heterocycles. The number of halogens is 1. The summed E-state index contributed by atoms with van der Waals surface area (Å²) >= 11 is 3.12. The van der Waals surface area contributed by atoms with Crippen LogP contribution in [0.25, 0.3) is 0 Å². The molecule has 0 aliphatic rings. The first-order valence-electron chi connectivity index (χ1n) is 3.60. The van der Waals surface area contributed by atoms with E-state index in [-0.39, 0.29) is 10.6 Å². The van der Waals surface area contributed by atoms with E-state index < -0.39 is 11.4 Å². The molecule has 70 valence electrons. The summed E-state index contributed by atoms with van der Waals surface area (Å²) in [4.78, 5) is 22.2.